The molecule has 1 aromatic carbocycles. The molecule has 0 fully saturated rings. The van der Waals surface area contributed by atoms with Crippen LogP contribution >= 0.6 is 15.9 Å². The van der Waals surface area contributed by atoms with Crippen LogP contribution in [0.2, 0.25) is 0 Å². The van der Waals surface area contributed by atoms with Crippen molar-refractivity contribution in [3.05, 3.63) is 33.8 Å². The van der Waals surface area contributed by atoms with E-state index in [9.17, 15) is 18.0 Å². The highest BCUT2D eigenvalue weighted by atomic mass is 79.9. The molecule has 1 aromatic rings. The van der Waals surface area contributed by atoms with E-state index in [-0.39, 0.29) is 11.0 Å². The average Bonchev–Trinajstić information content (AvgIpc) is 2.35. The fourth-order valence-corrected chi connectivity index (χ4v) is 1.84. The number of amides is 1. The topological polar surface area (TPSA) is 29.1 Å². The van der Waals surface area contributed by atoms with Crippen molar-refractivity contribution in [1.29, 1.82) is 0 Å². The van der Waals surface area contributed by atoms with Crippen LogP contribution in [0.4, 0.5) is 13.2 Å². The molecule has 0 atom stereocenters. The molecule has 0 aliphatic rings. The van der Waals surface area contributed by atoms with E-state index in [0.29, 0.717) is 11.0 Å². The molecule has 1 rings (SSSR count). The van der Waals surface area contributed by atoms with Crippen LogP contribution in [0.5, 0.6) is 0 Å². The summed E-state index contributed by atoms with van der Waals surface area (Å²) in [5.74, 6) is -0.510. The Labute approximate surface area is 124 Å². The zero-order valence-corrected chi connectivity index (χ0v) is 13.2. The quantitative estimate of drug-likeness (QED) is 0.841. The van der Waals surface area contributed by atoms with Crippen LogP contribution in [-0.2, 0) is 6.18 Å². The minimum atomic E-state index is -4.46. The second-order valence-corrected chi connectivity index (χ2v) is 6.25. The van der Waals surface area contributed by atoms with E-state index in [2.05, 4.69) is 21.2 Å². The highest BCUT2D eigenvalue weighted by molar-refractivity contribution is 9.10. The Kier molecular flexibility index (Phi) is 5.24. The van der Waals surface area contributed by atoms with Crippen molar-refractivity contribution in [3.63, 3.8) is 0 Å². The second kappa shape index (κ2) is 6.16. The molecule has 0 saturated carbocycles. The van der Waals surface area contributed by atoms with Gasteiger partial charge in [-0.2, -0.15) is 13.2 Å². The molecule has 0 radical (unpaired) electrons. The summed E-state index contributed by atoms with van der Waals surface area (Å²) in [4.78, 5) is 12.0. The standard InChI is InChI=1S/C14H17BrF3NO/c1-4-13(2,3)8-19-12(20)10-7-9(14(16,17)18)5-6-11(10)15/h5-7H,4,8H2,1-3H3,(H,19,20). The number of benzene rings is 1. The molecule has 6 heteroatoms. The molecular formula is C14H17BrF3NO. The van der Waals surface area contributed by atoms with Gasteiger partial charge in [-0.3, -0.25) is 4.79 Å². The van der Waals surface area contributed by atoms with Crippen molar-refractivity contribution in [2.75, 3.05) is 6.54 Å². The van der Waals surface area contributed by atoms with E-state index >= 15 is 0 Å². The Morgan fingerprint density at radius 1 is 1.30 bits per heavy atom. The molecular weight excluding hydrogens is 335 g/mol. The zero-order chi connectivity index (χ0) is 15.6. The molecule has 112 valence electrons. The minimum absolute atomic E-state index is 0.00766. The lowest BCUT2D eigenvalue weighted by Gasteiger charge is -2.23. The number of alkyl halides is 3. The first-order valence-corrected chi connectivity index (χ1v) is 7.01. The molecule has 1 N–H and O–H groups in total. The van der Waals surface area contributed by atoms with Crippen molar-refractivity contribution < 1.29 is 18.0 Å². The Bertz CT molecular complexity index is 498. The largest absolute Gasteiger partial charge is 0.416 e. The SMILES string of the molecule is CCC(C)(C)CNC(=O)c1cc(C(F)(F)F)ccc1Br. The lowest BCUT2D eigenvalue weighted by Crippen LogP contribution is -2.33. The van der Waals surface area contributed by atoms with Crippen LogP contribution in [0.3, 0.4) is 0 Å². The molecule has 0 aliphatic carbocycles. The third-order valence-electron chi connectivity index (χ3n) is 3.22. The van der Waals surface area contributed by atoms with Gasteiger partial charge in [-0.25, -0.2) is 0 Å². The van der Waals surface area contributed by atoms with E-state index < -0.39 is 17.6 Å². The number of hydrogen-bond donors (Lipinski definition) is 1. The van der Waals surface area contributed by atoms with Gasteiger partial charge in [0.05, 0.1) is 11.1 Å². The Morgan fingerprint density at radius 3 is 2.40 bits per heavy atom. The fourth-order valence-electron chi connectivity index (χ4n) is 1.42. The first-order valence-electron chi connectivity index (χ1n) is 6.22. The Hall–Kier alpha value is -1.04. The average molecular weight is 352 g/mol. The summed E-state index contributed by atoms with van der Waals surface area (Å²) in [5.41, 5.74) is -0.934. The number of carbonyl (C=O) groups is 1. The predicted octanol–water partition coefficient (Wildman–Crippen LogP) is 4.63. The maximum atomic E-state index is 12.6. The number of nitrogens with one attached hydrogen (secondary N) is 1. The van der Waals surface area contributed by atoms with E-state index in [1.54, 1.807) is 0 Å². The molecule has 0 unspecified atom stereocenters. The molecule has 0 saturated heterocycles. The normalized spacial score (nSPS) is 12.3. The molecule has 20 heavy (non-hydrogen) atoms. The molecule has 0 spiro atoms. The highest BCUT2D eigenvalue weighted by Crippen LogP contribution is 2.32. The van der Waals surface area contributed by atoms with Crippen molar-refractivity contribution in [2.24, 2.45) is 5.41 Å². The van der Waals surface area contributed by atoms with Gasteiger partial charge in [-0.15, -0.1) is 0 Å². The van der Waals surface area contributed by atoms with Crippen LogP contribution in [-0.4, -0.2) is 12.5 Å². The number of halogens is 4. The summed E-state index contributed by atoms with van der Waals surface area (Å²) in [7, 11) is 0. The molecule has 0 bridgehead atoms. The summed E-state index contributed by atoms with van der Waals surface area (Å²) in [6.45, 7) is 6.36. The zero-order valence-electron chi connectivity index (χ0n) is 11.6. The summed E-state index contributed by atoms with van der Waals surface area (Å²) in [6.07, 6.45) is -3.60. The summed E-state index contributed by atoms with van der Waals surface area (Å²) in [6, 6.07) is 3.04. The molecule has 0 aliphatic heterocycles. The van der Waals surface area contributed by atoms with Gasteiger partial charge in [0.15, 0.2) is 0 Å². The fraction of sp³-hybridized carbons (Fsp3) is 0.500. The molecule has 2 nitrogen and oxygen atoms in total. The third-order valence-corrected chi connectivity index (χ3v) is 3.91. The van der Waals surface area contributed by atoms with Crippen molar-refractivity contribution in [1.82, 2.24) is 5.32 Å². The van der Waals surface area contributed by atoms with E-state index in [1.807, 2.05) is 20.8 Å². The van der Waals surface area contributed by atoms with Gasteiger partial charge < -0.3 is 5.32 Å². The highest BCUT2D eigenvalue weighted by Gasteiger charge is 2.31. The monoisotopic (exact) mass is 351 g/mol. The van der Waals surface area contributed by atoms with Crippen LogP contribution in [0.1, 0.15) is 43.1 Å². The van der Waals surface area contributed by atoms with Crippen LogP contribution in [0.25, 0.3) is 0 Å². The molecule has 0 heterocycles. The van der Waals surface area contributed by atoms with Gasteiger partial charge in [-0.1, -0.05) is 20.8 Å². The number of rotatable bonds is 4. The van der Waals surface area contributed by atoms with Gasteiger partial charge in [0, 0.05) is 11.0 Å². The van der Waals surface area contributed by atoms with Gasteiger partial charge >= 0.3 is 6.18 Å². The van der Waals surface area contributed by atoms with Crippen LogP contribution in [0.15, 0.2) is 22.7 Å². The van der Waals surface area contributed by atoms with Crippen LogP contribution in [0, 0.1) is 5.41 Å². The number of hydrogen-bond acceptors (Lipinski definition) is 1. The maximum Gasteiger partial charge on any atom is 0.416 e. The summed E-state index contributed by atoms with van der Waals surface area (Å²) >= 11 is 3.11. The lowest BCUT2D eigenvalue weighted by atomic mass is 9.90. The minimum Gasteiger partial charge on any atom is -0.351 e. The molecule has 0 aromatic heterocycles. The summed E-state index contributed by atoms with van der Waals surface area (Å²) in [5, 5.41) is 2.67. The van der Waals surface area contributed by atoms with Gasteiger partial charge in [-0.05, 0) is 46.0 Å². The summed E-state index contributed by atoms with van der Waals surface area (Å²) < 4.78 is 38.3. The van der Waals surface area contributed by atoms with Crippen molar-refractivity contribution >= 4 is 21.8 Å². The predicted molar refractivity (Wildman–Crippen MR) is 75.5 cm³/mol. The van der Waals surface area contributed by atoms with Gasteiger partial charge in [0.25, 0.3) is 5.91 Å². The first-order chi connectivity index (χ1) is 9.07. The lowest BCUT2D eigenvalue weighted by molar-refractivity contribution is -0.137. The number of carbonyl (C=O) groups excluding carboxylic acids is 1. The van der Waals surface area contributed by atoms with Crippen molar-refractivity contribution in [2.45, 2.75) is 33.4 Å². The Morgan fingerprint density at radius 2 is 1.90 bits per heavy atom. The van der Waals surface area contributed by atoms with Gasteiger partial charge in [0.1, 0.15) is 0 Å². The molecule has 1 amide bonds. The van der Waals surface area contributed by atoms with E-state index in [4.69, 9.17) is 0 Å². The Balaban J connectivity index is 2.93. The maximum absolute atomic E-state index is 12.6. The van der Waals surface area contributed by atoms with E-state index in [0.717, 1.165) is 18.6 Å². The van der Waals surface area contributed by atoms with Gasteiger partial charge in [0.2, 0.25) is 0 Å². The third kappa shape index (κ3) is 4.51. The van der Waals surface area contributed by atoms with E-state index in [1.165, 1.54) is 6.07 Å². The second-order valence-electron chi connectivity index (χ2n) is 5.39. The van der Waals surface area contributed by atoms with Crippen LogP contribution < -0.4 is 5.32 Å². The smallest absolute Gasteiger partial charge is 0.351 e. The van der Waals surface area contributed by atoms with Crippen molar-refractivity contribution in [3.8, 4) is 0 Å². The first kappa shape index (κ1) is 17.0.